The SMILES string of the molecule is CCN(CC)S(=O)(=O)c1ccc(C(C)NC(=O)c2cc3c(C)cc(C)cc3[nH]2)cc1. The second-order valence-electron chi connectivity index (χ2n) is 7.58. The number of H-pyrrole nitrogens is 1. The van der Waals surface area contributed by atoms with Crippen molar-refractivity contribution in [3.8, 4) is 0 Å². The van der Waals surface area contributed by atoms with Gasteiger partial charge >= 0.3 is 0 Å². The Morgan fingerprint density at radius 1 is 1.07 bits per heavy atom. The molecular formula is C23H29N3O3S. The van der Waals surface area contributed by atoms with E-state index in [1.54, 1.807) is 24.3 Å². The number of aryl methyl sites for hydroxylation is 2. The topological polar surface area (TPSA) is 82.3 Å². The molecule has 0 aliphatic rings. The molecule has 7 heteroatoms. The van der Waals surface area contributed by atoms with E-state index in [-0.39, 0.29) is 16.8 Å². The summed E-state index contributed by atoms with van der Waals surface area (Å²) in [5, 5.41) is 4.01. The van der Waals surface area contributed by atoms with Crippen LogP contribution in [0.1, 0.15) is 54.0 Å². The molecule has 1 heterocycles. The number of amides is 1. The number of aromatic amines is 1. The van der Waals surface area contributed by atoms with Crippen molar-refractivity contribution in [1.82, 2.24) is 14.6 Å². The van der Waals surface area contributed by atoms with Crippen LogP contribution in [-0.4, -0.2) is 36.7 Å². The Hall–Kier alpha value is -2.64. The Labute approximate surface area is 178 Å². The smallest absolute Gasteiger partial charge is 0.268 e. The number of hydrogen-bond donors (Lipinski definition) is 2. The molecule has 1 atom stereocenters. The summed E-state index contributed by atoms with van der Waals surface area (Å²) >= 11 is 0. The normalized spacial score (nSPS) is 13.0. The van der Waals surface area contributed by atoms with Gasteiger partial charge in [-0.3, -0.25) is 4.79 Å². The summed E-state index contributed by atoms with van der Waals surface area (Å²) in [4.78, 5) is 16.2. The van der Waals surface area contributed by atoms with Gasteiger partial charge in [-0.2, -0.15) is 4.31 Å². The molecule has 0 aliphatic heterocycles. The summed E-state index contributed by atoms with van der Waals surface area (Å²) in [7, 11) is -3.49. The predicted molar refractivity (Wildman–Crippen MR) is 120 cm³/mol. The molecule has 0 fully saturated rings. The fraction of sp³-hybridized carbons (Fsp3) is 0.348. The van der Waals surface area contributed by atoms with Crippen molar-refractivity contribution < 1.29 is 13.2 Å². The van der Waals surface area contributed by atoms with Crippen LogP contribution in [0.15, 0.2) is 47.4 Å². The lowest BCUT2D eigenvalue weighted by molar-refractivity contribution is 0.0935. The maximum absolute atomic E-state index is 12.7. The summed E-state index contributed by atoms with van der Waals surface area (Å²) in [6.45, 7) is 10.4. The minimum absolute atomic E-state index is 0.199. The average molecular weight is 428 g/mol. The number of fused-ring (bicyclic) bond motifs is 1. The van der Waals surface area contributed by atoms with Crippen LogP contribution in [0.5, 0.6) is 0 Å². The van der Waals surface area contributed by atoms with Crippen molar-refractivity contribution in [1.29, 1.82) is 0 Å². The Morgan fingerprint density at radius 2 is 1.70 bits per heavy atom. The van der Waals surface area contributed by atoms with E-state index >= 15 is 0 Å². The van der Waals surface area contributed by atoms with Gasteiger partial charge in [-0.05, 0) is 61.7 Å². The molecule has 30 heavy (non-hydrogen) atoms. The van der Waals surface area contributed by atoms with E-state index in [9.17, 15) is 13.2 Å². The molecule has 0 spiro atoms. The third-order valence-electron chi connectivity index (χ3n) is 5.40. The van der Waals surface area contributed by atoms with Gasteiger partial charge in [0, 0.05) is 24.0 Å². The van der Waals surface area contributed by atoms with Crippen LogP contribution >= 0.6 is 0 Å². The fourth-order valence-corrected chi connectivity index (χ4v) is 5.18. The Morgan fingerprint density at radius 3 is 2.30 bits per heavy atom. The molecule has 0 bridgehead atoms. The van der Waals surface area contributed by atoms with Crippen LogP contribution in [0.4, 0.5) is 0 Å². The summed E-state index contributed by atoms with van der Waals surface area (Å²) in [6, 6.07) is 12.4. The molecule has 1 aromatic heterocycles. The maximum Gasteiger partial charge on any atom is 0.268 e. The first-order chi connectivity index (χ1) is 14.2. The highest BCUT2D eigenvalue weighted by Gasteiger charge is 2.22. The molecule has 0 aliphatic carbocycles. The second kappa shape index (κ2) is 8.62. The highest BCUT2D eigenvalue weighted by Crippen LogP contribution is 2.23. The molecule has 0 radical (unpaired) electrons. The summed E-state index contributed by atoms with van der Waals surface area (Å²) in [5.74, 6) is -0.199. The third-order valence-corrected chi connectivity index (χ3v) is 7.47. The third kappa shape index (κ3) is 4.27. The molecule has 2 N–H and O–H groups in total. The zero-order valence-electron chi connectivity index (χ0n) is 18.1. The van der Waals surface area contributed by atoms with Gasteiger partial charge in [0.2, 0.25) is 10.0 Å². The zero-order valence-corrected chi connectivity index (χ0v) is 18.9. The predicted octanol–water partition coefficient (Wildman–Crippen LogP) is 4.31. The monoisotopic (exact) mass is 427 g/mol. The molecular weight excluding hydrogens is 398 g/mol. The lowest BCUT2D eigenvalue weighted by atomic mass is 10.1. The van der Waals surface area contributed by atoms with Crippen molar-refractivity contribution in [2.45, 2.75) is 45.6 Å². The number of aromatic nitrogens is 1. The molecule has 1 unspecified atom stereocenters. The van der Waals surface area contributed by atoms with E-state index in [2.05, 4.69) is 16.4 Å². The number of sulfonamides is 1. The fourth-order valence-electron chi connectivity index (χ4n) is 3.72. The lowest BCUT2D eigenvalue weighted by Crippen LogP contribution is -2.30. The first-order valence-corrected chi connectivity index (χ1v) is 11.6. The summed E-state index contributed by atoms with van der Waals surface area (Å²) in [6.07, 6.45) is 0. The highest BCUT2D eigenvalue weighted by molar-refractivity contribution is 7.89. The lowest BCUT2D eigenvalue weighted by Gasteiger charge is -2.19. The van der Waals surface area contributed by atoms with Gasteiger partial charge in [0.05, 0.1) is 10.9 Å². The quantitative estimate of drug-likeness (QED) is 0.590. The van der Waals surface area contributed by atoms with E-state index in [0.717, 1.165) is 27.6 Å². The second-order valence-corrected chi connectivity index (χ2v) is 9.52. The number of carbonyl (C=O) groups excluding carboxylic acids is 1. The standard InChI is InChI=1S/C23H29N3O3S/c1-6-26(7-2)30(28,29)19-10-8-18(9-11-19)17(5)24-23(27)22-14-20-16(4)12-15(3)13-21(20)25-22/h8-14,17,25H,6-7H2,1-5H3,(H,24,27). The van der Waals surface area contributed by atoms with E-state index < -0.39 is 10.0 Å². The molecule has 3 rings (SSSR count). The van der Waals surface area contributed by atoms with Crippen molar-refractivity contribution in [2.75, 3.05) is 13.1 Å². The number of nitrogens with zero attached hydrogens (tertiary/aromatic N) is 1. The van der Waals surface area contributed by atoms with Gasteiger partial charge in [-0.25, -0.2) is 8.42 Å². The van der Waals surface area contributed by atoms with Gasteiger partial charge in [-0.1, -0.05) is 32.0 Å². The first-order valence-electron chi connectivity index (χ1n) is 10.2. The van der Waals surface area contributed by atoms with Crippen molar-refractivity contribution in [2.24, 2.45) is 0 Å². The van der Waals surface area contributed by atoms with Crippen LogP contribution in [0.25, 0.3) is 10.9 Å². The van der Waals surface area contributed by atoms with Gasteiger partial charge in [0.15, 0.2) is 0 Å². The van der Waals surface area contributed by atoms with E-state index in [0.29, 0.717) is 18.8 Å². The van der Waals surface area contributed by atoms with E-state index in [1.165, 1.54) is 4.31 Å². The van der Waals surface area contributed by atoms with Crippen molar-refractivity contribution in [3.05, 3.63) is 64.8 Å². The Balaban J connectivity index is 1.77. The van der Waals surface area contributed by atoms with Crippen LogP contribution < -0.4 is 5.32 Å². The highest BCUT2D eigenvalue weighted by atomic mass is 32.2. The Bertz CT molecular complexity index is 1160. The number of hydrogen-bond acceptors (Lipinski definition) is 3. The van der Waals surface area contributed by atoms with Crippen LogP contribution in [0.3, 0.4) is 0 Å². The van der Waals surface area contributed by atoms with Gasteiger partial charge in [-0.15, -0.1) is 0 Å². The van der Waals surface area contributed by atoms with Crippen LogP contribution in [0, 0.1) is 13.8 Å². The Kier molecular flexibility index (Phi) is 6.33. The average Bonchev–Trinajstić information content (AvgIpc) is 3.13. The van der Waals surface area contributed by atoms with Crippen molar-refractivity contribution in [3.63, 3.8) is 0 Å². The number of benzene rings is 2. The van der Waals surface area contributed by atoms with Crippen molar-refractivity contribution >= 4 is 26.8 Å². The van der Waals surface area contributed by atoms with Crippen LogP contribution in [-0.2, 0) is 10.0 Å². The van der Waals surface area contributed by atoms with Gasteiger partial charge in [0.25, 0.3) is 5.91 Å². The van der Waals surface area contributed by atoms with Gasteiger partial charge < -0.3 is 10.3 Å². The molecule has 6 nitrogen and oxygen atoms in total. The summed E-state index contributed by atoms with van der Waals surface area (Å²) < 4.78 is 26.7. The summed E-state index contributed by atoms with van der Waals surface area (Å²) in [5.41, 5.74) is 4.55. The molecule has 3 aromatic rings. The number of carbonyl (C=O) groups is 1. The van der Waals surface area contributed by atoms with Gasteiger partial charge in [0.1, 0.15) is 5.69 Å². The zero-order chi connectivity index (χ0) is 22.1. The number of rotatable bonds is 7. The molecule has 2 aromatic carbocycles. The number of nitrogens with one attached hydrogen (secondary N) is 2. The molecule has 0 saturated carbocycles. The van der Waals surface area contributed by atoms with Crippen LogP contribution in [0.2, 0.25) is 0 Å². The minimum Gasteiger partial charge on any atom is -0.351 e. The molecule has 0 saturated heterocycles. The maximum atomic E-state index is 12.7. The minimum atomic E-state index is -3.49. The molecule has 1 amide bonds. The van der Waals surface area contributed by atoms with E-state index in [1.807, 2.05) is 46.8 Å². The first kappa shape index (κ1) is 22.1. The van der Waals surface area contributed by atoms with E-state index in [4.69, 9.17) is 0 Å². The largest absolute Gasteiger partial charge is 0.351 e. The molecule has 160 valence electrons.